The molecule has 0 radical (unpaired) electrons. The monoisotopic (exact) mass is 401 g/mol. The topological polar surface area (TPSA) is 131 Å². The fourth-order valence-corrected chi connectivity index (χ4v) is 2.68. The molecule has 0 aliphatic carbocycles. The van der Waals surface area contributed by atoms with E-state index in [0.29, 0.717) is 17.0 Å². The Morgan fingerprint density at radius 2 is 1.83 bits per heavy atom. The van der Waals surface area contributed by atoms with Gasteiger partial charge in [0.15, 0.2) is 0 Å². The predicted octanol–water partition coefficient (Wildman–Crippen LogP) is 1.96. The maximum atomic E-state index is 12.1. The zero-order valence-corrected chi connectivity index (χ0v) is 16.4. The summed E-state index contributed by atoms with van der Waals surface area (Å²) in [7, 11) is 1.56. The number of methoxy groups -OCH3 is 1. The fraction of sp³-hybridized carbons (Fsp3) is 0.300. The first-order chi connectivity index (χ1) is 13.6. The average Bonchev–Trinajstić information content (AvgIpc) is 2.67. The van der Waals surface area contributed by atoms with E-state index in [-0.39, 0.29) is 18.7 Å². The van der Waals surface area contributed by atoms with Gasteiger partial charge in [-0.25, -0.2) is 0 Å². The molecular formula is C20H23N3O6. The molecule has 0 aromatic heterocycles. The van der Waals surface area contributed by atoms with E-state index >= 15 is 0 Å². The molecule has 3 N–H and O–H groups in total. The molecule has 2 aromatic rings. The zero-order valence-electron chi connectivity index (χ0n) is 16.4. The van der Waals surface area contributed by atoms with Crippen molar-refractivity contribution in [3.05, 3.63) is 63.7 Å². The van der Waals surface area contributed by atoms with Crippen LogP contribution in [-0.4, -0.2) is 41.1 Å². The second-order valence-electron chi connectivity index (χ2n) is 6.91. The van der Waals surface area contributed by atoms with Gasteiger partial charge in [-0.3, -0.25) is 19.7 Å². The smallest absolute Gasteiger partial charge is 0.313 e. The van der Waals surface area contributed by atoms with Gasteiger partial charge in [0.1, 0.15) is 5.75 Å². The number of nitrogens with one attached hydrogen (secondary N) is 2. The highest BCUT2D eigenvalue weighted by Crippen LogP contribution is 2.21. The number of hydrogen-bond donors (Lipinski definition) is 3. The summed E-state index contributed by atoms with van der Waals surface area (Å²) in [4.78, 5) is 34.3. The van der Waals surface area contributed by atoms with Crippen LogP contribution in [0.15, 0.2) is 42.5 Å². The van der Waals surface area contributed by atoms with Crippen molar-refractivity contribution in [1.29, 1.82) is 0 Å². The largest absolute Gasteiger partial charge is 0.497 e. The highest BCUT2D eigenvalue weighted by Gasteiger charge is 2.24. The van der Waals surface area contributed by atoms with E-state index in [2.05, 4.69) is 10.6 Å². The standard InChI is InChI=1S/C20H23N3O6/c1-13-10-15(23(27)28)6-9-17(13)22-19(25)18(24)21-12-20(2,26)11-14-4-7-16(29-3)8-5-14/h4-10,26H,11-12H2,1-3H3,(H,21,24)(H,22,25). The number of rotatable bonds is 7. The number of amides is 2. The molecule has 0 saturated heterocycles. The summed E-state index contributed by atoms with van der Waals surface area (Å²) in [6.07, 6.45) is 0.264. The molecule has 9 nitrogen and oxygen atoms in total. The van der Waals surface area contributed by atoms with E-state index in [1.165, 1.54) is 18.2 Å². The van der Waals surface area contributed by atoms with Crippen LogP contribution in [-0.2, 0) is 16.0 Å². The summed E-state index contributed by atoms with van der Waals surface area (Å²) in [5.74, 6) is -1.15. The van der Waals surface area contributed by atoms with Gasteiger partial charge in [-0.15, -0.1) is 0 Å². The van der Waals surface area contributed by atoms with Gasteiger partial charge < -0.3 is 20.5 Å². The molecule has 2 amide bonds. The molecule has 0 bridgehead atoms. The van der Waals surface area contributed by atoms with Crippen LogP contribution in [0.1, 0.15) is 18.1 Å². The van der Waals surface area contributed by atoms with Crippen LogP contribution in [0.3, 0.4) is 0 Å². The Balaban J connectivity index is 1.91. The number of aliphatic hydroxyl groups is 1. The molecule has 29 heavy (non-hydrogen) atoms. The van der Waals surface area contributed by atoms with Crippen LogP contribution in [0.2, 0.25) is 0 Å². The highest BCUT2D eigenvalue weighted by atomic mass is 16.6. The minimum Gasteiger partial charge on any atom is -0.497 e. The molecule has 9 heteroatoms. The molecule has 2 aromatic carbocycles. The van der Waals surface area contributed by atoms with Crippen LogP contribution >= 0.6 is 0 Å². The number of nitro groups is 1. The van der Waals surface area contributed by atoms with E-state index in [4.69, 9.17) is 4.74 Å². The number of hydrogen-bond acceptors (Lipinski definition) is 6. The quantitative estimate of drug-likeness (QED) is 0.369. The Morgan fingerprint density at radius 3 is 2.38 bits per heavy atom. The van der Waals surface area contributed by atoms with Crippen LogP contribution in [0.25, 0.3) is 0 Å². The molecule has 0 saturated carbocycles. The van der Waals surface area contributed by atoms with Crippen molar-refractivity contribution in [2.24, 2.45) is 0 Å². The average molecular weight is 401 g/mol. The summed E-state index contributed by atoms with van der Waals surface area (Å²) < 4.78 is 5.08. The normalized spacial score (nSPS) is 12.6. The Kier molecular flexibility index (Phi) is 6.89. The highest BCUT2D eigenvalue weighted by molar-refractivity contribution is 6.39. The van der Waals surface area contributed by atoms with Gasteiger partial charge in [-0.05, 0) is 43.2 Å². The molecule has 154 valence electrons. The number of nitro benzene ring substituents is 1. The summed E-state index contributed by atoms with van der Waals surface area (Å²) >= 11 is 0. The van der Waals surface area contributed by atoms with Gasteiger partial charge >= 0.3 is 11.8 Å². The third-order valence-electron chi connectivity index (χ3n) is 4.25. The predicted molar refractivity (Wildman–Crippen MR) is 107 cm³/mol. The van der Waals surface area contributed by atoms with E-state index in [1.54, 1.807) is 45.2 Å². The van der Waals surface area contributed by atoms with Crippen molar-refractivity contribution in [2.75, 3.05) is 19.0 Å². The van der Waals surface area contributed by atoms with Gasteiger partial charge in [0.25, 0.3) is 5.69 Å². The maximum absolute atomic E-state index is 12.1. The number of aryl methyl sites for hydroxylation is 1. The SMILES string of the molecule is COc1ccc(CC(C)(O)CNC(=O)C(=O)Nc2ccc([N+](=O)[O-])cc2C)cc1. The van der Waals surface area contributed by atoms with Crippen LogP contribution in [0.4, 0.5) is 11.4 Å². The number of ether oxygens (including phenoxy) is 1. The van der Waals surface area contributed by atoms with Crippen LogP contribution < -0.4 is 15.4 Å². The van der Waals surface area contributed by atoms with E-state index in [9.17, 15) is 24.8 Å². The number of anilines is 1. The lowest BCUT2D eigenvalue weighted by molar-refractivity contribution is -0.384. The number of nitrogens with zero attached hydrogens (tertiary/aromatic N) is 1. The Labute approximate surface area is 167 Å². The van der Waals surface area contributed by atoms with E-state index in [1.807, 2.05) is 0 Å². The van der Waals surface area contributed by atoms with Crippen LogP contribution in [0, 0.1) is 17.0 Å². The molecular weight excluding hydrogens is 378 g/mol. The second kappa shape index (κ2) is 9.16. The summed E-state index contributed by atoms with van der Waals surface area (Å²) in [6.45, 7) is 3.00. The third kappa shape index (κ3) is 6.28. The van der Waals surface area contributed by atoms with Crippen molar-refractivity contribution >= 4 is 23.2 Å². The molecule has 0 aliphatic rings. The zero-order chi connectivity index (χ0) is 21.6. The lowest BCUT2D eigenvalue weighted by atomic mass is 9.96. The first-order valence-electron chi connectivity index (χ1n) is 8.81. The van der Waals surface area contributed by atoms with E-state index in [0.717, 1.165) is 5.56 Å². The van der Waals surface area contributed by atoms with Gasteiger partial charge in [0.2, 0.25) is 0 Å². The second-order valence-corrected chi connectivity index (χ2v) is 6.91. The van der Waals surface area contributed by atoms with Crippen molar-refractivity contribution in [2.45, 2.75) is 25.9 Å². The Morgan fingerprint density at radius 1 is 1.17 bits per heavy atom. The fourth-order valence-electron chi connectivity index (χ4n) is 2.68. The summed E-state index contributed by atoms with van der Waals surface area (Å²) in [5.41, 5.74) is 0.205. The minimum atomic E-state index is -1.27. The molecule has 1 atom stereocenters. The Bertz CT molecular complexity index is 909. The molecule has 2 rings (SSSR count). The lowest BCUT2D eigenvalue weighted by Crippen LogP contribution is -2.45. The Hall–Kier alpha value is -3.46. The molecule has 0 heterocycles. The van der Waals surface area contributed by atoms with Crippen LogP contribution in [0.5, 0.6) is 5.75 Å². The lowest BCUT2D eigenvalue weighted by Gasteiger charge is -2.23. The van der Waals surface area contributed by atoms with Crippen molar-refractivity contribution < 1.29 is 24.4 Å². The van der Waals surface area contributed by atoms with Gasteiger partial charge in [-0.2, -0.15) is 0 Å². The molecule has 1 unspecified atom stereocenters. The third-order valence-corrected chi connectivity index (χ3v) is 4.25. The van der Waals surface area contributed by atoms with Gasteiger partial charge in [0, 0.05) is 30.8 Å². The van der Waals surface area contributed by atoms with Crippen molar-refractivity contribution in [3.8, 4) is 5.75 Å². The molecule has 0 fully saturated rings. The number of carbonyl (C=O) groups is 2. The van der Waals surface area contributed by atoms with Crippen molar-refractivity contribution in [1.82, 2.24) is 5.32 Å². The molecule has 0 aliphatic heterocycles. The first kappa shape index (κ1) is 21.8. The van der Waals surface area contributed by atoms with E-state index < -0.39 is 22.3 Å². The summed E-state index contributed by atoms with van der Waals surface area (Å²) in [5, 5.41) is 26.1. The molecule has 0 spiro atoms. The minimum absolute atomic E-state index is 0.112. The van der Waals surface area contributed by atoms with Gasteiger partial charge in [-0.1, -0.05) is 12.1 Å². The van der Waals surface area contributed by atoms with Gasteiger partial charge in [0.05, 0.1) is 17.6 Å². The number of non-ortho nitro benzene ring substituents is 1. The number of benzene rings is 2. The summed E-state index contributed by atoms with van der Waals surface area (Å²) in [6, 6.07) is 11.0. The van der Waals surface area contributed by atoms with Crippen molar-refractivity contribution in [3.63, 3.8) is 0 Å². The number of carbonyl (C=O) groups excluding carboxylic acids is 2. The first-order valence-corrected chi connectivity index (χ1v) is 8.81. The maximum Gasteiger partial charge on any atom is 0.313 e.